The van der Waals surface area contributed by atoms with Crippen molar-refractivity contribution in [1.29, 1.82) is 0 Å². The predicted octanol–water partition coefficient (Wildman–Crippen LogP) is 4.27. The van der Waals surface area contributed by atoms with Gasteiger partial charge in [-0.15, -0.1) is 0 Å². The summed E-state index contributed by atoms with van der Waals surface area (Å²) in [6.07, 6.45) is 7.58. The van der Waals surface area contributed by atoms with Crippen LogP contribution in [0.3, 0.4) is 0 Å². The first kappa shape index (κ1) is 25.7. The monoisotopic (exact) mass is 476 g/mol. The van der Waals surface area contributed by atoms with Crippen LogP contribution in [-0.4, -0.2) is 47.6 Å². The highest BCUT2D eigenvalue weighted by atomic mass is 16.5. The maximum Gasteiger partial charge on any atom is 0.330 e. The molecule has 4 fully saturated rings. The van der Waals surface area contributed by atoms with Crippen LogP contribution in [0, 0.1) is 46.3 Å². The number of rotatable bonds is 6. The number of carbonyl (C=O) groups excluding carboxylic acids is 2. The molecule has 4 rings (SSSR count). The predicted molar refractivity (Wildman–Crippen MR) is 128 cm³/mol. The Kier molecular flexibility index (Phi) is 7.23. The lowest BCUT2D eigenvalue weighted by molar-refractivity contribution is -0.209. The number of esters is 2. The van der Waals surface area contributed by atoms with Crippen LogP contribution in [0.4, 0.5) is 0 Å². The number of hydrogen-bond acceptors (Lipinski definition) is 6. The second kappa shape index (κ2) is 9.57. The van der Waals surface area contributed by atoms with E-state index in [1.165, 1.54) is 13.2 Å². The molecule has 0 aromatic heterocycles. The Labute approximate surface area is 204 Å². The molecule has 0 aromatic rings. The van der Waals surface area contributed by atoms with Gasteiger partial charge in [-0.3, -0.25) is 4.79 Å². The molecule has 0 spiro atoms. The molecule has 0 aliphatic heterocycles. The zero-order chi connectivity index (χ0) is 24.8. The van der Waals surface area contributed by atoms with Crippen molar-refractivity contribution in [1.82, 2.24) is 0 Å². The van der Waals surface area contributed by atoms with Gasteiger partial charge in [-0.1, -0.05) is 27.4 Å². The Hall–Kier alpha value is -1.40. The minimum atomic E-state index is -0.411. The van der Waals surface area contributed by atoms with Crippen molar-refractivity contribution < 1.29 is 29.3 Å². The average molecular weight is 477 g/mol. The maximum atomic E-state index is 11.8. The van der Waals surface area contributed by atoms with Crippen molar-refractivity contribution in [2.24, 2.45) is 46.3 Å². The third-order valence-corrected chi connectivity index (χ3v) is 11.0. The van der Waals surface area contributed by atoms with Crippen molar-refractivity contribution in [2.45, 2.75) is 96.9 Å². The van der Waals surface area contributed by atoms with E-state index in [1.807, 2.05) is 0 Å². The van der Waals surface area contributed by atoms with Crippen LogP contribution >= 0.6 is 0 Å². The van der Waals surface area contributed by atoms with E-state index in [1.54, 1.807) is 0 Å². The molecule has 2 N–H and O–H groups in total. The molecule has 34 heavy (non-hydrogen) atoms. The van der Waals surface area contributed by atoms with Gasteiger partial charge in [0.2, 0.25) is 0 Å². The quantitative estimate of drug-likeness (QED) is 0.439. The fraction of sp³-hybridized carbons (Fsp3) is 0.857. The van der Waals surface area contributed by atoms with Crippen molar-refractivity contribution in [2.75, 3.05) is 7.11 Å². The summed E-state index contributed by atoms with van der Waals surface area (Å²) in [5.74, 6) is 1.15. The standard InChI is InChI=1S/C28H44O6/c1-6-24(31)34-18-11-12-27(3)17(13-18)14-22(29)26-20-9-8-19(16(2)7-10-25(32)33-5)28(20,4)23(30)15-21(26)27/h6,16-23,26,29-30H,1,7-15H2,2-5H3/t16-,17+,18-,19-,20+,21+,22-,23+,26+,27+,28-/m1/s1. The summed E-state index contributed by atoms with van der Waals surface area (Å²) in [5.41, 5.74) is -0.199. The first-order valence-electron chi connectivity index (χ1n) is 13.3. The Morgan fingerprint density at radius 2 is 1.85 bits per heavy atom. The van der Waals surface area contributed by atoms with Gasteiger partial charge < -0.3 is 19.7 Å². The van der Waals surface area contributed by atoms with E-state index in [4.69, 9.17) is 9.47 Å². The highest BCUT2D eigenvalue weighted by Crippen LogP contribution is 2.68. The van der Waals surface area contributed by atoms with Gasteiger partial charge in [0, 0.05) is 12.5 Å². The van der Waals surface area contributed by atoms with Crippen molar-refractivity contribution >= 4 is 11.9 Å². The SMILES string of the molecule is C=CC(=O)O[C@@H]1CC[C@@]2(C)[C@@H](C1)C[C@@H](O)[C@@H]1[C@@H]2C[C@H](O)[C@]2(C)[C@@H]([C@H](C)CCC(=O)OC)CC[C@@H]12. The summed E-state index contributed by atoms with van der Waals surface area (Å²) in [6, 6.07) is 0. The fourth-order valence-corrected chi connectivity index (χ4v) is 9.08. The summed E-state index contributed by atoms with van der Waals surface area (Å²) in [7, 11) is 1.43. The molecule has 4 aliphatic rings. The molecule has 6 heteroatoms. The Morgan fingerprint density at radius 3 is 2.53 bits per heavy atom. The average Bonchev–Trinajstić information content (AvgIpc) is 3.17. The summed E-state index contributed by atoms with van der Waals surface area (Å²) in [4.78, 5) is 23.5. The van der Waals surface area contributed by atoms with Crippen LogP contribution < -0.4 is 0 Å². The largest absolute Gasteiger partial charge is 0.469 e. The van der Waals surface area contributed by atoms with E-state index in [9.17, 15) is 19.8 Å². The third-order valence-electron chi connectivity index (χ3n) is 11.0. The number of fused-ring (bicyclic) bond motifs is 5. The zero-order valence-electron chi connectivity index (χ0n) is 21.4. The van der Waals surface area contributed by atoms with Gasteiger partial charge in [0.1, 0.15) is 6.10 Å². The van der Waals surface area contributed by atoms with Crippen molar-refractivity contribution in [3.63, 3.8) is 0 Å². The summed E-state index contributed by atoms with van der Waals surface area (Å²) in [5, 5.41) is 23.1. The Morgan fingerprint density at radius 1 is 1.12 bits per heavy atom. The van der Waals surface area contributed by atoms with E-state index in [-0.39, 0.29) is 52.5 Å². The first-order valence-corrected chi connectivity index (χ1v) is 13.3. The van der Waals surface area contributed by atoms with Gasteiger partial charge in [0.25, 0.3) is 0 Å². The van der Waals surface area contributed by atoms with E-state index < -0.39 is 12.2 Å². The molecule has 0 aromatic carbocycles. The number of carbonyl (C=O) groups is 2. The summed E-state index contributed by atoms with van der Waals surface area (Å²) < 4.78 is 10.4. The molecule has 0 bridgehead atoms. The van der Waals surface area contributed by atoms with Gasteiger partial charge >= 0.3 is 11.9 Å². The van der Waals surface area contributed by atoms with Crippen LogP contribution in [0.2, 0.25) is 0 Å². The molecule has 4 saturated carbocycles. The molecular formula is C28H44O6. The lowest BCUT2D eigenvalue weighted by atomic mass is 9.43. The molecule has 0 radical (unpaired) electrons. The molecule has 0 saturated heterocycles. The number of aliphatic hydroxyl groups excluding tert-OH is 2. The van der Waals surface area contributed by atoms with Crippen LogP contribution in [0.1, 0.15) is 78.6 Å². The molecule has 6 nitrogen and oxygen atoms in total. The van der Waals surface area contributed by atoms with Crippen molar-refractivity contribution in [3.05, 3.63) is 12.7 Å². The normalized spacial score (nSPS) is 46.4. The van der Waals surface area contributed by atoms with Gasteiger partial charge in [0.15, 0.2) is 0 Å². The highest BCUT2D eigenvalue weighted by Gasteiger charge is 2.65. The van der Waals surface area contributed by atoms with E-state index in [2.05, 4.69) is 27.4 Å². The number of hydrogen-bond donors (Lipinski definition) is 2. The van der Waals surface area contributed by atoms with E-state index in [0.29, 0.717) is 18.3 Å². The molecule has 0 unspecified atom stereocenters. The third kappa shape index (κ3) is 4.13. The van der Waals surface area contributed by atoms with Gasteiger partial charge in [-0.25, -0.2) is 4.79 Å². The number of aliphatic hydroxyl groups is 2. The second-order valence-electron chi connectivity index (χ2n) is 12.2. The molecule has 0 heterocycles. The maximum absolute atomic E-state index is 11.8. The van der Waals surface area contributed by atoms with Gasteiger partial charge in [0.05, 0.1) is 19.3 Å². The van der Waals surface area contributed by atoms with Crippen LogP contribution in [0.15, 0.2) is 12.7 Å². The first-order chi connectivity index (χ1) is 16.1. The lowest BCUT2D eigenvalue weighted by Crippen LogP contribution is -2.62. The molecule has 0 amide bonds. The molecule has 4 aliphatic carbocycles. The Balaban J connectivity index is 1.53. The number of ether oxygens (including phenoxy) is 2. The van der Waals surface area contributed by atoms with E-state index in [0.717, 1.165) is 51.4 Å². The van der Waals surface area contributed by atoms with Crippen LogP contribution in [-0.2, 0) is 19.1 Å². The summed E-state index contributed by atoms with van der Waals surface area (Å²) >= 11 is 0. The smallest absolute Gasteiger partial charge is 0.330 e. The minimum absolute atomic E-state index is 0.0396. The fourth-order valence-electron chi connectivity index (χ4n) is 9.08. The lowest BCUT2D eigenvalue weighted by Gasteiger charge is -2.63. The second-order valence-corrected chi connectivity index (χ2v) is 12.2. The Bertz CT molecular complexity index is 796. The zero-order valence-corrected chi connectivity index (χ0v) is 21.4. The molecule has 192 valence electrons. The molecule has 11 atom stereocenters. The minimum Gasteiger partial charge on any atom is -0.469 e. The topological polar surface area (TPSA) is 93.1 Å². The number of methoxy groups -OCH3 is 1. The van der Waals surface area contributed by atoms with Gasteiger partial charge in [-0.05, 0) is 97.7 Å². The highest BCUT2D eigenvalue weighted by molar-refractivity contribution is 5.81. The van der Waals surface area contributed by atoms with Crippen LogP contribution in [0.25, 0.3) is 0 Å². The van der Waals surface area contributed by atoms with Crippen LogP contribution in [0.5, 0.6) is 0 Å². The van der Waals surface area contributed by atoms with Crippen molar-refractivity contribution in [3.8, 4) is 0 Å². The van der Waals surface area contributed by atoms with E-state index >= 15 is 0 Å². The van der Waals surface area contributed by atoms with Gasteiger partial charge in [-0.2, -0.15) is 0 Å². The summed E-state index contributed by atoms with van der Waals surface area (Å²) in [6.45, 7) is 10.3. The molecular weight excluding hydrogens is 432 g/mol.